The molecule has 0 bridgehead atoms. The van der Waals surface area contributed by atoms with Crippen molar-refractivity contribution >= 4 is 32.1 Å². The zero-order valence-electron chi connectivity index (χ0n) is 26.6. The van der Waals surface area contributed by atoms with Gasteiger partial charge in [0.25, 0.3) is 0 Å². The number of fused-ring (bicyclic) bond motifs is 3. The summed E-state index contributed by atoms with van der Waals surface area (Å²) in [5.74, 6) is 0.532. The van der Waals surface area contributed by atoms with Crippen molar-refractivity contribution in [3.8, 4) is 11.8 Å². The number of rotatable bonds is 7. The van der Waals surface area contributed by atoms with Crippen LogP contribution in [0.4, 0.5) is 20.3 Å². The third-order valence-corrected chi connectivity index (χ3v) is 12.2. The van der Waals surface area contributed by atoms with E-state index < -0.39 is 21.3 Å². The van der Waals surface area contributed by atoms with Gasteiger partial charge in [0.15, 0.2) is 9.84 Å². The molecule has 0 amide bonds. The molecule has 5 heterocycles. The monoisotopic (exact) mass is 655 g/mol. The normalized spacial score (nSPS) is 25.5. The molecular weight excluding hydrogens is 612 g/mol. The van der Waals surface area contributed by atoms with Crippen LogP contribution in [0, 0.1) is 5.82 Å². The number of hydrogen-bond acceptors (Lipinski definition) is 9. The number of sulfone groups is 1. The van der Waals surface area contributed by atoms with E-state index in [2.05, 4.69) is 14.7 Å². The van der Waals surface area contributed by atoms with Crippen molar-refractivity contribution in [1.29, 1.82) is 0 Å². The zero-order valence-corrected chi connectivity index (χ0v) is 27.5. The molecule has 3 fully saturated rings. The van der Waals surface area contributed by atoms with Crippen molar-refractivity contribution in [2.24, 2.45) is 0 Å². The van der Waals surface area contributed by atoms with E-state index in [1.807, 2.05) is 6.92 Å². The number of aromatic nitrogens is 2. The number of ether oxygens (including phenoxy) is 1. The van der Waals surface area contributed by atoms with Crippen molar-refractivity contribution in [2.45, 2.75) is 81.8 Å². The molecular formula is C34H43F2N5O4S. The summed E-state index contributed by atoms with van der Waals surface area (Å²) in [6.45, 7) is 5.49. The summed E-state index contributed by atoms with van der Waals surface area (Å²) in [7, 11) is -3.26. The number of alkyl halides is 1. The fourth-order valence-corrected chi connectivity index (χ4v) is 9.33. The molecule has 1 unspecified atom stereocenters. The number of anilines is 2. The molecule has 0 radical (unpaired) electrons. The van der Waals surface area contributed by atoms with E-state index in [4.69, 9.17) is 14.7 Å². The Morgan fingerprint density at radius 1 is 1.09 bits per heavy atom. The highest BCUT2D eigenvalue weighted by Gasteiger charge is 2.49. The van der Waals surface area contributed by atoms with Crippen LogP contribution in [0.1, 0.15) is 62.3 Å². The quantitative estimate of drug-likeness (QED) is 0.379. The van der Waals surface area contributed by atoms with Gasteiger partial charge in [-0.3, -0.25) is 4.90 Å². The molecule has 46 heavy (non-hydrogen) atoms. The summed E-state index contributed by atoms with van der Waals surface area (Å²) in [6, 6.07) is 6.71. The summed E-state index contributed by atoms with van der Waals surface area (Å²) >= 11 is 0. The minimum absolute atomic E-state index is 0.105. The molecule has 9 nitrogen and oxygen atoms in total. The second kappa shape index (κ2) is 12.1. The molecule has 248 valence electrons. The molecule has 2 aromatic carbocycles. The number of benzene rings is 2. The Morgan fingerprint density at radius 2 is 1.93 bits per heavy atom. The number of aromatic hydroxyl groups is 1. The number of hydrogen-bond donors (Lipinski definition) is 1. The molecule has 0 aliphatic carbocycles. The van der Waals surface area contributed by atoms with E-state index in [0.29, 0.717) is 69.8 Å². The maximum Gasteiger partial charge on any atom is 0.318 e. The van der Waals surface area contributed by atoms with E-state index in [9.17, 15) is 17.9 Å². The third kappa shape index (κ3) is 5.76. The lowest BCUT2D eigenvalue weighted by molar-refractivity contribution is 0.107. The standard InChI is InChI=1S/C34H43F2N5O4S/c1-3-26-28(36)9-8-22-15-24(42)16-30(31(22)26)39-14-10-27-29(20-39)37-33(45-21-34-11-6-13-41(34)18-23(35)17-34)38-32(27)40-12-5-4-7-25(19-40)46(2,43)44/h8-9,15-16,23,25,42H,3-7,10-14,17-21H2,1-2H3/t23-,25?,34+/m1/s1. The third-order valence-electron chi connectivity index (χ3n) is 10.6. The Labute approximate surface area is 269 Å². The number of aryl methyl sites for hydroxylation is 1. The molecule has 1 aromatic heterocycles. The Bertz CT molecular complexity index is 1760. The zero-order chi connectivity index (χ0) is 32.2. The minimum Gasteiger partial charge on any atom is -0.508 e. The van der Waals surface area contributed by atoms with Crippen molar-refractivity contribution in [2.75, 3.05) is 55.4 Å². The van der Waals surface area contributed by atoms with Gasteiger partial charge in [0.05, 0.1) is 23.0 Å². The van der Waals surface area contributed by atoms with Crippen LogP contribution in [0.15, 0.2) is 24.3 Å². The van der Waals surface area contributed by atoms with Crippen LogP contribution in [0.2, 0.25) is 0 Å². The first-order valence-electron chi connectivity index (χ1n) is 16.6. The van der Waals surface area contributed by atoms with Crippen molar-refractivity contribution in [1.82, 2.24) is 14.9 Å². The number of phenolic OH excluding ortho intramolecular Hbond substituents is 1. The van der Waals surface area contributed by atoms with Gasteiger partial charge in [0.1, 0.15) is 30.2 Å². The van der Waals surface area contributed by atoms with E-state index in [0.717, 1.165) is 59.9 Å². The van der Waals surface area contributed by atoms with Crippen LogP contribution in [-0.2, 0) is 29.2 Å². The highest BCUT2D eigenvalue weighted by Crippen LogP contribution is 2.42. The molecule has 0 spiro atoms. The fraction of sp³-hybridized carbons (Fsp3) is 0.588. The minimum atomic E-state index is -3.26. The number of nitrogens with zero attached hydrogens (tertiary/aromatic N) is 5. The summed E-state index contributed by atoms with van der Waals surface area (Å²) in [5, 5.41) is 11.7. The van der Waals surface area contributed by atoms with Gasteiger partial charge in [-0.1, -0.05) is 19.4 Å². The lowest BCUT2D eigenvalue weighted by atomic mass is 9.95. The van der Waals surface area contributed by atoms with Crippen LogP contribution >= 0.6 is 0 Å². The van der Waals surface area contributed by atoms with Crippen molar-refractivity contribution in [3.63, 3.8) is 0 Å². The number of phenols is 1. The summed E-state index contributed by atoms with van der Waals surface area (Å²) in [5.41, 5.74) is 2.69. The van der Waals surface area contributed by atoms with E-state index in [1.165, 1.54) is 12.3 Å². The van der Waals surface area contributed by atoms with Gasteiger partial charge < -0.3 is 19.6 Å². The largest absolute Gasteiger partial charge is 0.508 e. The van der Waals surface area contributed by atoms with Gasteiger partial charge in [0.2, 0.25) is 0 Å². The van der Waals surface area contributed by atoms with Gasteiger partial charge in [-0.15, -0.1) is 0 Å². The molecule has 12 heteroatoms. The lowest BCUT2D eigenvalue weighted by Gasteiger charge is -2.35. The molecule has 7 rings (SSSR count). The Balaban J connectivity index is 1.28. The van der Waals surface area contributed by atoms with Crippen LogP contribution in [0.3, 0.4) is 0 Å². The smallest absolute Gasteiger partial charge is 0.318 e. The second-order valence-electron chi connectivity index (χ2n) is 13.6. The SMILES string of the molecule is CCc1c(F)ccc2cc(O)cc(N3CCc4c(nc(OC[C@@]56CCCN5C[C@H](F)C6)nc4N4CCCCC(S(C)(=O)=O)C4)C3)c12. The van der Waals surface area contributed by atoms with Gasteiger partial charge >= 0.3 is 6.01 Å². The first-order valence-corrected chi connectivity index (χ1v) is 18.5. The predicted molar refractivity (Wildman–Crippen MR) is 175 cm³/mol. The van der Waals surface area contributed by atoms with Crippen molar-refractivity contribution < 1.29 is 27.0 Å². The maximum absolute atomic E-state index is 15.0. The van der Waals surface area contributed by atoms with Crippen LogP contribution < -0.4 is 14.5 Å². The summed E-state index contributed by atoms with van der Waals surface area (Å²) < 4.78 is 61.3. The Kier molecular flexibility index (Phi) is 8.24. The summed E-state index contributed by atoms with van der Waals surface area (Å²) in [4.78, 5) is 16.3. The maximum atomic E-state index is 15.0. The topological polar surface area (TPSA) is 99.1 Å². The van der Waals surface area contributed by atoms with Crippen LogP contribution in [-0.4, -0.2) is 90.9 Å². The van der Waals surface area contributed by atoms with Gasteiger partial charge in [-0.05, 0) is 68.2 Å². The lowest BCUT2D eigenvalue weighted by Crippen LogP contribution is -2.43. The fourth-order valence-electron chi connectivity index (χ4n) is 8.28. The van der Waals surface area contributed by atoms with Crippen LogP contribution in [0.25, 0.3) is 10.8 Å². The van der Waals surface area contributed by atoms with E-state index in [-0.39, 0.29) is 29.7 Å². The average molecular weight is 656 g/mol. The van der Waals surface area contributed by atoms with Crippen molar-refractivity contribution in [3.05, 3.63) is 46.9 Å². The molecule has 4 aliphatic rings. The highest BCUT2D eigenvalue weighted by molar-refractivity contribution is 7.91. The predicted octanol–water partition coefficient (Wildman–Crippen LogP) is 4.96. The first-order chi connectivity index (χ1) is 22.0. The Hall–Kier alpha value is -3.25. The number of halogens is 2. The van der Waals surface area contributed by atoms with E-state index >= 15 is 4.39 Å². The first kappa shape index (κ1) is 31.4. The van der Waals surface area contributed by atoms with E-state index in [1.54, 1.807) is 18.2 Å². The average Bonchev–Trinajstić information content (AvgIpc) is 3.41. The molecule has 0 saturated carbocycles. The molecule has 1 N–H and O–H groups in total. The molecule has 3 atom stereocenters. The summed E-state index contributed by atoms with van der Waals surface area (Å²) in [6.07, 6.45) is 6.10. The molecule has 3 aromatic rings. The Morgan fingerprint density at radius 3 is 2.74 bits per heavy atom. The molecule has 4 aliphatic heterocycles. The van der Waals surface area contributed by atoms with Crippen LogP contribution in [0.5, 0.6) is 11.8 Å². The van der Waals surface area contributed by atoms with Gasteiger partial charge in [-0.2, -0.15) is 9.97 Å². The van der Waals surface area contributed by atoms with Gasteiger partial charge in [0, 0.05) is 61.6 Å². The highest BCUT2D eigenvalue weighted by atomic mass is 32.2. The second-order valence-corrected chi connectivity index (χ2v) is 16.0. The molecule has 3 saturated heterocycles. The van der Waals surface area contributed by atoms with Gasteiger partial charge in [-0.25, -0.2) is 17.2 Å².